The van der Waals surface area contributed by atoms with E-state index < -0.39 is 0 Å². The van der Waals surface area contributed by atoms with Crippen LogP contribution in [0.5, 0.6) is 0 Å². The van der Waals surface area contributed by atoms with Gasteiger partial charge in [-0.3, -0.25) is 4.79 Å². The van der Waals surface area contributed by atoms with E-state index in [1.165, 1.54) is 0 Å². The van der Waals surface area contributed by atoms with Gasteiger partial charge >= 0.3 is 0 Å². The maximum absolute atomic E-state index is 10.5. The van der Waals surface area contributed by atoms with Crippen molar-refractivity contribution in [2.75, 3.05) is 0 Å². The number of hydrogen-bond donors (Lipinski definition) is 0. The summed E-state index contributed by atoms with van der Waals surface area (Å²) in [6.07, 6.45) is 2.85. The summed E-state index contributed by atoms with van der Waals surface area (Å²) >= 11 is 0. The van der Waals surface area contributed by atoms with Crippen LogP contribution in [0.4, 0.5) is 0 Å². The van der Waals surface area contributed by atoms with Crippen molar-refractivity contribution < 1.29 is 4.79 Å². The summed E-state index contributed by atoms with van der Waals surface area (Å²) in [4.78, 5) is 10.5. The molecular weight excluding hydrogens is 88.1 g/mol. The largest absolute Gasteiger partial charge is 0.299 e. The fourth-order valence-corrected chi connectivity index (χ4v) is 0.888. The van der Waals surface area contributed by atoms with Crippen molar-refractivity contribution in [3.63, 3.8) is 0 Å². The van der Waals surface area contributed by atoms with Crippen molar-refractivity contribution in [3.05, 3.63) is 6.92 Å². The molecule has 1 saturated carbocycles. The number of carbonyl (C=O) groups is 1. The molecule has 1 heteroatoms. The normalized spacial score (nSPS) is 31.6. The monoisotopic (exact) mass is 97.1 g/mol. The minimum Gasteiger partial charge on any atom is -0.299 e. The fourth-order valence-electron chi connectivity index (χ4n) is 0.888. The van der Waals surface area contributed by atoms with Crippen molar-refractivity contribution in [2.45, 2.75) is 19.3 Å². The Balaban J connectivity index is 2.48. The Morgan fingerprint density at radius 1 is 1.71 bits per heavy atom. The standard InChI is InChI=1S/C6H9O/c1-5-3-2-4-6(5)7/h5H,1-4H2. The third kappa shape index (κ3) is 0.817. The first-order chi connectivity index (χ1) is 3.30. The van der Waals surface area contributed by atoms with E-state index in [2.05, 4.69) is 6.92 Å². The number of hydrogen-bond acceptors (Lipinski definition) is 1. The third-order valence-electron chi connectivity index (χ3n) is 1.43. The van der Waals surface area contributed by atoms with Crippen LogP contribution in [0, 0.1) is 12.8 Å². The van der Waals surface area contributed by atoms with Crippen LogP contribution >= 0.6 is 0 Å². The van der Waals surface area contributed by atoms with Crippen LogP contribution in [-0.4, -0.2) is 5.78 Å². The van der Waals surface area contributed by atoms with E-state index in [9.17, 15) is 4.79 Å². The summed E-state index contributed by atoms with van der Waals surface area (Å²) in [5.74, 6) is 0.472. The van der Waals surface area contributed by atoms with E-state index >= 15 is 0 Å². The van der Waals surface area contributed by atoms with Gasteiger partial charge in [-0.1, -0.05) is 0 Å². The molecule has 0 bridgehead atoms. The molecule has 0 spiro atoms. The Labute approximate surface area is 43.7 Å². The van der Waals surface area contributed by atoms with Gasteiger partial charge in [0.1, 0.15) is 5.78 Å². The highest BCUT2D eigenvalue weighted by atomic mass is 16.1. The molecule has 1 aliphatic rings. The molecule has 1 fully saturated rings. The first-order valence-electron chi connectivity index (χ1n) is 2.66. The van der Waals surface area contributed by atoms with Crippen LogP contribution in [0.1, 0.15) is 19.3 Å². The molecular formula is C6H9O. The molecule has 1 radical (unpaired) electrons. The van der Waals surface area contributed by atoms with Gasteiger partial charge in [-0.2, -0.15) is 0 Å². The Kier molecular flexibility index (Phi) is 1.13. The van der Waals surface area contributed by atoms with E-state index in [-0.39, 0.29) is 5.92 Å². The average molecular weight is 97.1 g/mol. The minimum atomic E-state index is 0.125. The molecule has 0 N–H and O–H groups in total. The van der Waals surface area contributed by atoms with E-state index in [0.717, 1.165) is 19.3 Å². The Morgan fingerprint density at radius 2 is 2.43 bits per heavy atom. The molecule has 1 atom stereocenters. The second kappa shape index (κ2) is 1.65. The summed E-state index contributed by atoms with van der Waals surface area (Å²) in [6.45, 7) is 3.67. The molecule has 39 valence electrons. The van der Waals surface area contributed by atoms with Crippen LogP contribution in [0.3, 0.4) is 0 Å². The summed E-state index contributed by atoms with van der Waals surface area (Å²) in [6, 6.07) is 0. The van der Waals surface area contributed by atoms with E-state index in [1.807, 2.05) is 0 Å². The minimum absolute atomic E-state index is 0.125. The lowest BCUT2D eigenvalue weighted by molar-refractivity contribution is -0.119. The molecule has 0 aromatic heterocycles. The highest BCUT2D eigenvalue weighted by Gasteiger charge is 2.18. The predicted octanol–water partition coefficient (Wildman–Crippen LogP) is 1.19. The van der Waals surface area contributed by atoms with Crippen LogP contribution < -0.4 is 0 Å². The predicted molar refractivity (Wildman–Crippen MR) is 27.7 cm³/mol. The molecule has 0 aliphatic heterocycles. The van der Waals surface area contributed by atoms with E-state index in [1.54, 1.807) is 0 Å². The topological polar surface area (TPSA) is 17.1 Å². The summed E-state index contributed by atoms with van der Waals surface area (Å²) < 4.78 is 0. The Morgan fingerprint density at radius 3 is 2.57 bits per heavy atom. The first-order valence-corrected chi connectivity index (χ1v) is 2.66. The number of ketones is 1. The summed E-state index contributed by atoms with van der Waals surface area (Å²) in [5, 5.41) is 0. The van der Waals surface area contributed by atoms with Gasteiger partial charge in [-0.15, -0.1) is 0 Å². The lowest BCUT2D eigenvalue weighted by Gasteiger charge is -1.90. The molecule has 0 amide bonds. The molecule has 0 aromatic carbocycles. The van der Waals surface area contributed by atoms with Crippen LogP contribution in [0.2, 0.25) is 0 Å². The second-order valence-corrected chi connectivity index (χ2v) is 2.06. The van der Waals surface area contributed by atoms with E-state index in [0.29, 0.717) is 5.78 Å². The van der Waals surface area contributed by atoms with Gasteiger partial charge in [0, 0.05) is 12.3 Å². The number of Topliss-reactive ketones (excluding diaryl/α,β-unsaturated/α-hetero) is 1. The van der Waals surface area contributed by atoms with Gasteiger partial charge in [0.2, 0.25) is 0 Å². The Hall–Kier alpha value is -0.330. The fraction of sp³-hybridized carbons (Fsp3) is 0.667. The van der Waals surface area contributed by atoms with Gasteiger partial charge in [0.25, 0.3) is 0 Å². The summed E-state index contributed by atoms with van der Waals surface area (Å²) in [5.41, 5.74) is 0. The molecule has 7 heavy (non-hydrogen) atoms. The Bertz CT molecular complexity index is 86.2. The zero-order valence-electron chi connectivity index (χ0n) is 4.31. The molecule has 1 nitrogen and oxygen atoms in total. The van der Waals surface area contributed by atoms with Crippen molar-refractivity contribution in [2.24, 2.45) is 5.92 Å². The SMILES string of the molecule is [CH2]C1CCCC1=O. The highest BCUT2D eigenvalue weighted by molar-refractivity contribution is 5.83. The maximum atomic E-state index is 10.5. The molecule has 0 heterocycles. The number of carbonyl (C=O) groups excluding carboxylic acids is 1. The van der Waals surface area contributed by atoms with Crippen LogP contribution in [0.25, 0.3) is 0 Å². The maximum Gasteiger partial charge on any atom is 0.135 e. The van der Waals surface area contributed by atoms with Gasteiger partial charge in [0.15, 0.2) is 0 Å². The summed E-state index contributed by atoms with van der Waals surface area (Å²) in [7, 11) is 0. The van der Waals surface area contributed by atoms with Crippen molar-refractivity contribution >= 4 is 5.78 Å². The lowest BCUT2D eigenvalue weighted by atomic mass is 10.1. The van der Waals surface area contributed by atoms with Crippen LogP contribution in [-0.2, 0) is 4.79 Å². The molecule has 1 aliphatic carbocycles. The number of rotatable bonds is 0. The quantitative estimate of drug-likeness (QED) is 0.443. The zero-order chi connectivity index (χ0) is 5.28. The molecule has 0 saturated heterocycles. The molecule has 1 unspecified atom stereocenters. The third-order valence-corrected chi connectivity index (χ3v) is 1.43. The van der Waals surface area contributed by atoms with E-state index in [4.69, 9.17) is 0 Å². The van der Waals surface area contributed by atoms with Crippen molar-refractivity contribution in [1.29, 1.82) is 0 Å². The smallest absolute Gasteiger partial charge is 0.135 e. The van der Waals surface area contributed by atoms with Gasteiger partial charge in [0.05, 0.1) is 0 Å². The van der Waals surface area contributed by atoms with Crippen molar-refractivity contribution in [3.8, 4) is 0 Å². The van der Waals surface area contributed by atoms with Gasteiger partial charge < -0.3 is 0 Å². The first kappa shape index (κ1) is 4.82. The average Bonchev–Trinajstić information content (AvgIpc) is 1.91. The van der Waals surface area contributed by atoms with Gasteiger partial charge in [-0.05, 0) is 19.8 Å². The lowest BCUT2D eigenvalue weighted by Crippen LogP contribution is -1.99. The van der Waals surface area contributed by atoms with Gasteiger partial charge in [-0.25, -0.2) is 0 Å². The highest BCUT2D eigenvalue weighted by Crippen LogP contribution is 2.19. The zero-order valence-corrected chi connectivity index (χ0v) is 4.31. The van der Waals surface area contributed by atoms with Crippen molar-refractivity contribution in [1.82, 2.24) is 0 Å². The van der Waals surface area contributed by atoms with Crippen LogP contribution in [0.15, 0.2) is 0 Å². The second-order valence-electron chi connectivity index (χ2n) is 2.06. The molecule has 0 aromatic rings. The molecule has 1 rings (SSSR count).